The van der Waals surface area contributed by atoms with Gasteiger partial charge in [0.25, 0.3) is 5.56 Å². The van der Waals surface area contributed by atoms with Gasteiger partial charge in [-0.2, -0.15) is 0 Å². The van der Waals surface area contributed by atoms with Crippen molar-refractivity contribution >= 4 is 16.6 Å². The number of hydrogen-bond acceptors (Lipinski definition) is 4. The van der Waals surface area contributed by atoms with Crippen LogP contribution < -0.4 is 11.3 Å². The second-order valence-corrected chi connectivity index (χ2v) is 5.42. The molecule has 5 heteroatoms. The summed E-state index contributed by atoms with van der Waals surface area (Å²) in [4.78, 5) is 19.2. The van der Waals surface area contributed by atoms with Crippen molar-refractivity contribution in [3.63, 3.8) is 0 Å². The van der Waals surface area contributed by atoms with Crippen molar-refractivity contribution in [2.24, 2.45) is 0 Å². The lowest BCUT2D eigenvalue weighted by Gasteiger charge is -2.26. The smallest absolute Gasteiger partial charge is 0.261 e. The van der Waals surface area contributed by atoms with Gasteiger partial charge in [-0.3, -0.25) is 9.36 Å². The summed E-state index contributed by atoms with van der Waals surface area (Å²) >= 11 is 0. The van der Waals surface area contributed by atoms with Gasteiger partial charge in [0.1, 0.15) is 0 Å². The topological polar surface area (TPSA) is 64.2 Å². The van der Waals surface area contributed by atoms with Crippen molar-refractivity contribution in [2.75, 3.05) is 25.4 Å². The summed E-state index contributed by atoms with van der Waals surface area (Å²) in [6.45, 7) is 3.89. The van der Waals surface area contributed by atoms with Gasteiger partial charge in [-0.1, -0.05) is 6.42 Å². The average molecular weight is 272 g/mol. The third-order valence-electron chi connectivity index (χ3n) is 3.95. The molecule has 20 heavy (non-hydrogen) atoms. The van der Waals surface area contributed by atoms with Crippen LogP contribution in [0.4, 0.5) is 5.69 Å². The van der Waals surface area contributed by atoms with Gasteiger partial charge in [0, 0.05) is 18.8 Å². The second kappa shape index (κ2) is 5.63. The molecule has 0 spiro atoms. The molecule has 2 heterocycles. The van der Waals surface area contributed by atoms with Crippen LogP contribution in [0, 0.1) is 0 Å². The van der Waals surface area contributed by atoms with E-state index >= 15 is 0 Å². The van der Waals surface area contributed by atoms with Gasteiger partial charge in [0.15, 0.2) is 0 Å². The number of benzene rings is 1. The van der Waals surface area contributed by atoms with Crippen LogP contribution in [0.5, 0.6) is 0 Å². The van der Waals surface area contributed by atoms with Gasteiger partial charge in [-0.25, -0.2) is 4.98 Å². The minimum atomic E-state index is -0.000639. The molecule has 1 aromatic heterocycles. The third-order valence-corrected chi connectivity index (χ3v) is 3.95. The molecular weight excluding hydrogens is 252 g/mol. The third kappa shape index (κ3) is 2.67. The monoisotopic (exact) mass is 272 g/mol. The molecule has 0 aliphatic carbocycles. The van der Waals surface area contributed by atoms with Crippen LogP contribution in [0.1, 0.15) is 19.3 Å². The maximum Gasteiger partial charge on any atom is 0.261 e. The first-order valence-corrected chi connectivity index (χ1v) is 7.21. The van der Waals surface area contributed by atoms with Crippen LogP contribution in [-0.2, 0) is 6.54 Å². The van der Waals surface area contributed by atoms with E-state index in [0.717, 1.165) is 19.6 Å². The molecule has 1 aromatic carbocycles. The molecule has 0 bridgehead atoms. The number of nitrogen functional groups attached to an aromatic ring is 1. The standard InChI is InChI=1S/C15H20N4O/c16-12-4-5-14-13(10-12)15(20)19(11-17-14)9-8-18-6-2-1-3-7-18/h4-5,10-11H,1-3,6-9,16H2. The molecule has 2 aromatic rings. The molecule has 1 aliphatic rings. The van der Waals surface area contributed by atoms with Gasteiger partial charge in [0.2, 0.25) is 0 Å². The predicted molar refractivity (Wildman–Crippen MR) is 80.7 cm³/mol. The maximum atomic E-state index is 12.4. The quantitative estimate of drug-likeness (QED) is 0.859. The lowest BCUT2D eigenvalue weighted by molar-refractivity contribution is 0.220. The fraction of sp³-hybridized carbons (Fsp3) is 0.467. The number of rotatable bonds is 3. The molecule has 1 saturated heterocycles. The summed E-state index contributed by atoms with van der Waals surface area (Å²) in [6.07, 6.45) is 5.50. The number of nitrogens with zero attached hydrogens (tertiary/aromatic N) is 3. The number of piperidine rings is 1. The number of hydrogen-bond donors (Lipinski definition) is 1. The largest absolute Gasteiger partial charge is 0.399 e. The highest BCUT2D eigenvalue weighted by atomic mass is 16.1. The number of aromatic nitrogens is 2. The van der Waals surface area contributed by atoms with Crippen LogP contribution in [0.3, 0.4) is 0 Å². The zero-order valence-corrected chi connectivity index (χ0v) is 11.6. The van der Waals surface area contributed by atoms with Gasteiger partial charge in [-0.05, 0) is 44.1 Å². The van der Waals surface area contributed by atoms with Gasteiger partial charge < -0.3 is 10.6 Å². The number of fused-ring (bicyclic) bond motifs is 1. The average Bonchev–Trinajstić information content (AvgIpc) is 2.48. The second-order valence-electron chi connectivity index (χ2n) is 5.42. The molecule has 0 saturated carbocycles. The molecule has 1 aliphatic heterocycles. The first-order chi connectivity index (χ1) is 9.74. The van der Waals surface area contributed by atoms with E-state index in [-0.39, 0.29) is 5.56 Å². The summed E-state index contributed by atoms with van der Waals surface area (Å²) in [5.41, 5.74) is 7.06. The minimum Gasteiger partial charge on any atom is -0.399 e. The fourth-order valence-corrected chi connectivity index (χ4v) is 2.77. The zero-order chi connectivity index (χ0) is 13.9. The Morgan fingerprint density at radius 3 is 2.75 bits per heavy atom. The van der Waals surface area contributed by atoms with Crippen LogP contribution in [0.2, 0.25) is 0 Å². The maximum absolute atomic E-state index is 12.4. The van der Waals surface area contributed by atoms with Crippen molar-refractivity contribution in [3.8, 4) is 0 Å². The fourth-order valence-electron chi connectivity index (χ4n) is 2.77. The van der Waals surface area contributed by atoms with E-state index in [1.54, 1.807) is 29.1 Å². The van der Waals surface area contributed by atoms with Crippen molar-refractivity contribution < 1.29 is 0 Å². The highest BCUT2D eigenvalue weighted by Crippen LogP contribution is 2.11. The Morgan fingerprint density at radius 1 is 1.15 bits per heavy atom. The van der Waals surface area contributed by atoms with Crippen LogP contribution >= 0.6 is 0 Å². The molecule has 0 radical (unpaired) electrons. The Kier molecular flexibility index (Phi) is 3.69. The molecule has 0 unspecified atom stereocenters. The van der Waals surface area contributed by atoms with Crippen molar-refractivity contribution in [1.29, 1.82) is 0 Å². The Bertz CT molecular complexity index is 658. The summed E-state index contributed by atoms with van der Waals surface area (Å²) in [7, 11) is 0. The van der Waals surface area contributed by atoms with Gasteiger partial charge in [-0.15, -0.1) is 0 Å². The van der Waals surface area contributed by atoms with E-state index in [4.69, 9.17) is 5.73 Å². The summed E-state index contributed by atoms with van der Waals surface area (Å²) in [6, 6.07) is 5.27. The van der Waals surface area contributed by atoms with E-state index in [0.29, 0.717) is 23.1 Å². The first kappa shape index (κ1) is 13.1. The zero-order valence-electron chi connectivity index (χ0n) is 11.6. The van der Waals surface area contributed by atoms with Crippen LogP contribution in [0.15, 0.2) is 29.3 Å². The first-order valence-electron chi connectivity index (χ1n) is 7.21. The highest BCUT2D eigenvalue weighted by Gasteiger charge is 2.10. The normalized spacial score (nSPS) is 16.6. The Balaban J connectivity index is 1.81. The number of anilines is 1. The number of likely N-dealkylation sites (tertiary alicyclic amines) is 1. The Labute approximate surface area is 118 Å². The lowest BCUT2D eigenvalue weighted by Crippen LogP contribution is -2.34. The van der Waals surface area contributed by atoms with Crippen molar-refractivity contribution in [3.05, 3.63) is 34.9 Å². The van der Waals surface area contributed by atoms with E-state index in [1.165, 1.54) is 19.3 Å². The molecule has 5 nitrogen and oxygen atoms in total. The molecule has 3 rings (SSSR count). The van der Waals surface area contributed by atoms with Crippen molar-refractivity contribution in [1.82, 2.24) is 14.5 Å². The number of nitrogens with two attached hydrogens (primary N) is 1. The Hall–Kier alpha value is -1.88. The van der Waals surface area contributed by atoms with E-state index < -0.39 is 0 Å². The van der Waals surface area contributed by atoms with E-state index in [9.17, 15) is 4.79 Å². The lowest BCUT2D eigenvalue weighted by atomic mass is 10.1. The van der Waals surface area contributed by atoms with E-state index in [2.05, 4.69) is 9.88 Å². The van der Waals surface area contributed by atoms with Crippen LogP contribution in [0.25, 0.3) is 10.9 Å². The highest BCUT2D eigenvalue weighted by molar-refractivity contribution is 5.80. The Morgan fingerprint density at radius 2 is 1.95 bits per heavy atom. The van der Waals surface area contributed by atoms with Gasteiger partial charge >= 0.3 is 0 Å². The van der Waals surface area contributed by atoms with Crippen LogP contribution in [-0.4, -0.2) is 34.1 Å². The van der Waals surface area contributed by atoms with Crippen molar-refractivity contribution in [2.45, 2.75) is 25.8 Å². The predicted octanol–water partition coefficient (Wildman–Crippen LogP) is 1.46. The van der Waals surface area contributed by atoms with E-state index in [1.807, 2.05) is 0 Å². The van der Waals surface area contributed by atoms with Gasteiger partial charge in [0.05, 0.1) is 17.2 Å². The molecule has 0 amide bonds. The molecule has 2 N–H and O–H groups in total. The molecule has 106 valence electrons. The molecule has 0 atom stereocenters. The molecular formula is C15H20N4O. The summed E-state index contributed by atoms with van der Waals surface area (Å²) in [5, 5.41) is 0.603. The summed E-state index contributed by atoms with van der Waals surface area (Å²) < 4.78 is 1.69. The molecule has 1 fully saturated rings. The SMILES string of the molecule is Nc1ccc2ncn(CCN3CCCCC3)c(=O)c2c1. The minimum absolute atomic E-state index is 0.000639. The summed E-state index contributed by atoms with van der Waals surface area (Å²) in [5.74, 6) is 0.